The van der Waals surface area contributed by atoms with Crippen LogP contribution in [0.15, 0.2) is 45.6 Å². The maximum atomic E-state index is 11.8. The number of fused-ring (bicyclic) bond motifs is 1. The van der Waals surface area contributed by atoms with Crippen LogP contribution in [0.4, 0.5) is 0 Å². The van der Waals surface area contributed by atoms with E-state index in [1.807, 2.05) is 6.07 Å². The molecular weight excluding hydrogens is 375 g/mol. The van der Waals surface area contributed by atoms with Gasteiger partial charge in [0.2, 0.25) is 0 Å². The molecule has 0 aliphatic carbocycles. The van der Waals surface area contributed by atoms with Gasteiger partial charge in [-0.15, -0.1) is 0 Å². The summed E-state index contributed by atoms with van der Waals surface area (Å²) in [5.41, 5.74) is 0.513. The Labute approximate surface area is 152 Å². The van der Waals surface area contributed by atoms with Crippen molar-refractivity contribution in [1.82, 2.24) is 0 Å². The molecule has 0 radical (unpaired) electrons. The third-order valence-corrected chi connectivity index (χ3v) is 4.42. The molecule has 0 unspecified atom stereocenters. The number of methoxy groups -OCH3 is 1. The zero-order valence-corrected chi connectivity index (χ0v) is 14.7. The van der Waals surface area contributed by atoms with E-state index in [0.29, 0.717) is 43.1 Å². The molecule has 2 aromatic carbocycles. The minimum atomic E-state index is -0.495. The lowest BCUT2D eigenvalue weighted by Gasteiger charge is -2.11. The molecule has 0 amide bonds. The summed E-state index contributed by atoms with van der Waals surface area (Å²) in [6.45, 7) is 0.104. The number of hydrogen-bond acceptors (Lipinski definition) is 4. The fourth-order valence-corrected chi connectivity index (χ4v) is 2.87. The molecule has 1 heterocycles. The van der Waals surface area contributed by atoms with E-state index in [-0.39, 0.29) is 6.61 Å². The van der Waals surface area contributed by atoms with Gasteiger partial charge in [-0.1, -0.05) is 46.9 Å². The fourth-order valence-electron chi connectivity index (χ4n) is 2.27. The lowest BCUT2D eigenvalue weighted by atomic mass is 10.1. The van der Waals surface area contributed by atoms with Crippen LogP contribution >= 0.6 is 34.8 Å². The molecule has 3 aromatic rings. The first-order valence-corrected chi connectivity index (χ1v) is 8.00. The minimum absolute atomic E-state index is 0.104. The van der Waals surface area contributed by atoms with Gasteiger partial charge in [-0.2, -0.15) is 0 Å². The monoisotopic (exact) mass is 384 g/mol. The van der Waals surface area contributed by atoms with Crippen molar-refractivity contribution in [3.63, 3.8) is 0 Å². The van der Waals surface area contributed by atoms with Gasteiger partial charge in [0.25, 0.3) is 0 Å². The number of benzene rings is 2. The number of ether oxygens (including phenoxy) is 2. The van der Waals surface area contributed by atoms with Crippen LogP contribution in [0.3, 0.4) is 0 Å². The molecule has 0 spiro atoms. The molecule has 24 heavy (non-hydrogen) atoms. The van der Waals surface area contributed by atoms with Crippen molar-refractivity contribution >= 4 is 45.8 Å². The summed E-state index contributed by atoms with van der Waals surface area (Å²) in [7, 11) is 1.51. The number of rotatable bonds is 4. The van der Waals surface area contributed by atoms with Crippen molar-refractivity contribution in [1.29, 1.82) is 0 Å². The second-order valence-corrected chi connectivity index (χ2v) is 6.13. The topological polar surface area (TPSA) is 48.7 Å². The van der Waals surface area contributed by atoms with Gasteiger partial charge in [-0.05, 0) is 12.1 Å². The first-order valence-electron chi connectivity index (χ1n) is 6.86. The standard InChI is InChI=1S/C17H11Cl3O4/c1-22-14-4-2-3-10-9(5-16(21)24-17(10)14)8-23-15-7-12(19)11(18)6-13(15)20/h2-7H,8H2,1H3. The molecule has 0 N–H and O–H groups in total. The molecular formula is C17H11Cl3O4. The molecule has 124 valence electrons. The van der Waals surface area contributed by atoms with Gasteiger partial charge in [-0.3, -0.25) is 0 Å². The second kappa shape index (κ2) is 6.93. The summed E-state index contributed by atoms with van der Waals surface area (Å²) >= 11 is 18.0. The summed E-state index contributed by atoms with van der Waals surface area (Å²) in [5, 5.41) is 1.71. The third-order valence-electron chi connectivity index (χ3n) is 3.40. The van der Waals surface area contributed by atoms with Crippen molar-refractivity contribution in [3.05, 3.63) is 67.4 Å². The Morgan fingerprint density at radius 2 is 1.75 bits per heavy atom. The van der Waals surface area contributed by atoms with Crippen LogP contribution in [0.2, 0.25) is 15.1 Å². The molecule has 0 bridgehead atoms. The quantitative estimate of drug-likeness (QED) is 0.449. The van der Waals surface area contributed by atoms with Crippen LogP contribution in [-0.4, -0.2) is 7.11 Å². The molecule has 0 aliphatic heterocycles. The largest absolute Gasteiger partial charge is 0.493 e. The molecule has 0 saturated carbocycles. The Kier molecular flexibility index (Phi) is 4.90. The normalized spacial score (nSPS) is 10.8. The van der Waals surface area contributed by atoms with Gasteiger partial charge >= 0.3 is 5.63 Å². The van der Waals surface area contributed by atoms with E-state index in [4.69, 9.17) is 48.7 Å². The first kappa shape index (κ1) is 17.0. The zero-order valence-electron chi connectivity index (χ0n) is 12.4. The average molecular weight is 386 g/mol. The van der Waals surface area contributed by atoms with Gasteiger partial charge in [0.05, 0.1) is 22.2 Å². The Bertz CT molecular complexity index is 966. The third kappa shape index (κ3) is 3.31. The van der Waals surface area contributed by atoms with Crippen LogP contribution in [0.1, 0.15) is 5.56 Å². The van der Waals surface area contributed by atoms with Crippen LogP contribution < -0.4 is 15.1 Å². The first-order chi connectivity index (χ1) is 11.5. The van der Waals surface area contributed by atoms with E-state index < -0.39 is 5.63 Å². The maximum Gasteiger partial charge on any atom is 0.336 e. The summed E-state index contributed by atoms with van der Waals surface area (Å²) in [4.78, 5) is 11.8. The SMILES string of the molecule is COc1cccc2c(COc3cc(Cl)c(Cl)cc3Cl)cc(=O)oc12. The van der Waals surface area contributed by atoms with Crippen LogP contribution in [0.5, 0.6) is 11.5 Å². The molecule has 7 heteroatoms. The highest BCUT2D eigenvalue weighted by atomic mass is 35.5. The highest BCUT2D eigenvalue weighted by Crippen LogP contribution is 2.35. The second-order valence-electron chi connectivity index (χ2n) is 4.91. The molecule has 3 rings (SSSR count). The van der Waals surface area contributed by atoms with Crippen LogP contribution in [-0.2, 0) is 6.61 Å². The molecule has 0 saturated heterocycles. The number of para-hydroxylation sites is 1. The number of hydrogen-bond donors (Lipinski definition) is 0. The molecule has 0 fully saturated rings. The lowest BCUT2D eigenvalue weighted by molar-refractivity contribution is 0.306. The minimum Gasteiger partial charge on any atom is -0.493 e. The lowest BCUT2D eigenvalue weighted by Crippen LogP contribution is -2.05. The average Bonchev–Trinajstić information content (AvgIpc) is 2.56. The van der Waals surface area contributed by atoms with Crippen molar-refractivity contribution in [2.24, 2.45) is 0 Å². The molecule has 4 nitrogen and oxygen atoms in total. The van der Waals surface area contributed by atoms with E-state index >= 15 is 0 Å². The van der Waals surface area contributed by atoms with Crippen LogP contribution in [0.25, 0.3) is 11.0 Å². The summed E-state index contributed by atoms with van der Waals surface area (Å²) < 4.78 is 16.2. The highest BCUT2D eigenvalue weighted by molar-refractivity contribution is 6.43. The summed E-state index contributed by atoms with van der Waals surface area (Å²) in [6, 6.07) is 9.73. The van der Waals surface area contributed by atoms with Gasteiger partial charge < -0.3 is 13.9 Å². The smallest absolute Gasteiger partial charge is 0.336 e. The van der Waals surface area contributed by atoms with Gasteiger partial charge in [0.1, 0.15) is 12.4 Å². The molecule has 0 aliphatic rings. The Balaban J connectivity index is 1.99. The van der Waals surface area contributed by atoms with E-state index in [2.05, 4.69) is 0 Å². The van der Waals surface area contributed by atoms with E-state index in [0.717, 1.165) is 0 Å². The van der Waals surface area contributed by atoms with Crippen LogP contribution in [0, 0.1) is 0 Å². The predicted molar refractivity (Wildman–Crippen MR) is 94.8 cm³/mol. The number of halogens is 3. The van der Waals surface area contributed by atoms with E-state index in [1.54, 1.807) is 12.1 Å². The van der Waals surface area contributed by atoms with Gasteiger partial charge in [0, 0.05) is 23.1 Å². The zero-order chi connectivity index (χ0) is 17.3. The highest BCUT2D eigenvalue weighted by Gasteiger charge is 2.12. The van der Waals surface area contributed by atoms with E-state index in [1.165, 1.54) is 25.3 Å². The van der Waals surface area contributed by atoms with Gasteiger partial charge in [-0.25, -0.2) is 4.79 Å². The van der Waals surface area contributed by atoms with E-state index in [9.17, 15) is 4.79 Å². The van der Waals surface area contributed by atoms with Crippen molar-refractivity contribution < 1.29 is 13.9 Å². The Hall–Kier alpha value is -1.88. The maximum absolute atomic E-state index is 11.8. The predicted octanol–water partition coefficient (Wildman–Crippen LogP) is 5.34. The summed E-state index contributed by atoms with van der Waals surface area (Å²) in [5.74, 6) is 0.842. The Morgan fingerprint density at radius 1 is 1.00 bits per heavy atom. The van der Waals surface area contributed by atoms with Crippen molar-refractivity contribution in [3.8, 4) is 11.5 Å². The molecule has 0 atom stereocenters. The molecule has 1 aromatic heterocycles. The van der Waals surface area contributed by atoms with Gasteiger partial charge in [0.15, 0.2) is 11.3 Å². The summed E-state index contributed by atoms with van der Waals surface area (Å²) in [6.07, 6.45) is 0. The Morgan fingerprint density at radius 3 is 2.50 bits per heavy atom. The van der Waals surface area contributed by atoms with Crippen molar-refractivity contribution in [2.45, 2.75) is 6.61 Å². The van der Waals surface area contributed by atoms with Crippen molar-refractivity contribution in [2.75, 3.05) is 7.11 Å². The fraction of sp³-hybridized carbons (Fsp3) is 0.118.